The second-order valence-electron chi connectivity index (χ2n) is 3.82. The summed E-state index contributed by atoms with van der Waals surface area (Å²) in [5.41, 5.74) is -0.499. The lowest BCUT2D eigenvalue weighted by Gasteiger charge is -2.06. The molecule has 2 aromatic rings. The number of nitro groups is 1. The van der Waals surface area contributed by atoms with E-state index in [4.69, 9.17) is 16.3 Å². The van der Waals surface area contributed by atoms with Crippen molar-refractivity contribution < 1.29 is 14.5 Å². The second-order valence-corrected chi connectivity index (χ2v) is 4.26. The summed E-state index contributed by atoms with van der Waals surface area (Å²) in [4.78, 5) is 22.0. The average Bonchev–Trinajstić information content (AvgIpc) is 2.91. The summed E-state index contributed by atoms with van der Waals surface area (Å²) < 4.78 is 6.57. The molecule has 1 heterocycles. The predicted molar refractivity (Wildman–Crippen MR) is 70.6 cm³/mol. The van der Waals surface area contributed by atoms with E-state index in [0.29, 0.717) is 6.54 Å². The van der Waals surface area contributed by atoms with Gasteiger partial charge in [-0.1, -0.05) is 11.6 Å². The number of benzene rings is 1. The Hall–Kier alpha value is -2.41. The number of hydrogen-bond acceptors (Lipinski definition) is 5. The Morgan fingerprint density at radius 2 is 2.30 bits per heavy atom. The highest BCUT2D eigenvalue weighted by atomic mass is 35.5. The van der Waals surface area contributed by atoms with E-state index in [1.165, 1.54) is 12.1 Å². The molecule has 0 saturated carbocycles. The zero-order valence-corrected chi connectivity index (χ0v) is 11.0. The fraction of sp³-hybridized carbons (Fsp3) is 0.167. The summed E-state index contributed by atoms with van der Waals surface area (Å²) in [7, 11) is 0. The topological polar surface area (TPSA) is 87.3 Å². The number of halogens is 1. The lowest BCUT2D eigenvalue weighted by atomic mass is 10.2. The van der Waals surface area contributed by atoms with Gasteiger partial charge in [0.15, 0.2) is 0 Å². The van der Waals surface area contributed by atoms with Crippen molar-refractivity contribution in [1.29, 1.82) is 0 Å². The van der Waals surface area contributed by atoms with E-state index in [0.717, 1.165) is 6.07 Å². The molecule has 0 aliphatic heterocycles. The van der Waals surface area contributed by atoms with Crippen molar-refractivity contribution in [3.8, 4) is 0 Å². The molecule has 0 unspecified atom stereocenters. The summed E-state index contributed by atoms with van der Waals surface area (Å²) in [5, 5.41) is 15.0. The van der Waals surface area contributed by atoms with Gasteiger partial charge in [-0.25, -0.2) is 4.79 Å². The minimum absolute atomic E-state index is 0.0697. The zero-order chi connectivity index (χ0) is 14.5. The number of esters is 1. The molecule has 0 aliphatic rings. The van der Waals surface area contributed by atoms with Gasteiger partial charge in [0.2, 0.25) is 0 Å². The van der Waals surface area contributed by atoms with E-state index in [1.807, 2.05) is 0 Å². The molecule has 0 fully saturated rings. The molecule has 0 N–H and O–H groups in total. The molecule has 0 amide bonds. The number of carbonyl (C=O) groups excluding carboxylic acids is 1. The van der Waals surface area contributed by atoms with E-state index in [1.54, 1.807) is 23.1 Å². The normalized spacial score (nSPS) is 10.2. The fourth-order valence-corrected chi connectivity index (χ4v) is 1.74. The van der Waals surface area contributed by atoms with E-state index >= 15 is 0 Å². The van der Waals surface area contributed by atoms with Crippen LogP contribution in [0, 0.1) is 10.1 Å². The van der Waals surface area contributed by atoms with Crippen LogP contribution in [0.5, 0.6) is 0 Å². The molecule has 0 bridgehead atoms. The van der Waals surface area contributed by atoms with Crippen LogP contribution in [0.2, 0.25) is 5.02 Å². The number of ether oxygens (including phenoxy) is 1. The quantitative estimate of drug-likeness (QED) is 0.480. The molecule has 2 rings (SSSR count). The van der Waals surface area contributed by atoms with Crippen molar-refractivity contribution in [3.63, 3.8) is 0 Å². The van der Waals surface area contributed by atoms with Crippen molar-refractivity contribution in [2.75, 3.05) is 6.61 Å². The van der Waals surface area contributed by atoms with E-state index < -0.39 is 10.9 Å². The van der Waals surface area contributed by atoms with Gasteiger partial charge in [-0.3, -0.25) is 14.8 Å². The average molecular weight is 296 g/mol. The Bertz CT molecular complexity index is 628. The van der Waals surface area contributed by atoms with Gasteiger partial charge < -0.3 is 4.74 Å². The number of nitro benzene ring substituents is 1. The molecular formula is C12H10ClN3O4. The van der Waals surface area contributed by atoms with Crippen LogP contribution in [0.15, 0.2) is 36.7 Å². The standard InChI is InChI=1S/C12H10ClN3O4/c13-9-2-3-10(11(8-9)16(18)19)12(17)20-7-6-15-5-1-4-14-15/h1-5,8H,6-7H2. The van der Waals surface area contributed by atoms with Gasteiger partial charge in [0, 0.05) is 23.5 Å². The Morgan fingerprint density at radius 3 is 2.95 bits per heavy atom. The van der Waals surface area contributed by atoms with Gasteiger partial charge in [0.05, 0.1) is 11.5 Å². The predicted octanol–water partition coefficient (Wildman–Crippen LogP) is 2.30. The molecule has 0 saturated heterocycles. The molecule has 0 spiro atoms. The van der Waals surface area contributed by atoms with E-state index in [2.05, 4.69) is 5.10 Å². The lowest BCUT2D eigenvalue weighted by molar-refractivity contribution is -0.385. The maximum Gasteiger partial charge on any atom is 0.345 e. The van der Waals surface area contributed by atoms with Crippen LogP contribution < -0.4 is 0 Å². The van der Waals surface area contributed by atoms with Crippen LogP contribution in [0.1, 0.15) is 10.4 Å². The number of aromatic nitrogens is 2. The first-order chi connectivity index (χ1) is 9.58. The number of hydrogen-bond donors (Lipinski definition) is 0. The van der Waals surface area contributed by atoms with Crippen LogP contribution in [0.3, 0.4) is 0 Å². The highest BCUT2D eigenvalue weighted by Gasteiger charge is 2.21. The number of carbonyl (C=O) groups is 1. The lowest BCUT2D eigenvalue weighted by Crippen LogP contribution is -2.13. The highest BCUT2D eigenvalue weighted by Crippen LogP contribution is 2.23. The first-order valence-corrected chi connectivity index (χ1v) is 6.04. The molecule has 7 nitrogen and oxygen atoms in total. The third-order valence-electron chi connectivity index (χ3n) is 2.49. The molecule has 0 atom stereocenters. The van der Waals surface area contributed by atoms with Crippen LogP contribution in [0.4, 0.5) is 5.69 Å². The van der Waals surface area contributed by atoms with Crippen LogP contribution in [0.25, 0.3) is 0 Å². The first kappa shape index (κ1) is 14.0. The molecule has 1 aromatic carbocycles. The molecular weight excluding hydrogens is 286 g/mol. The summed E-state index contributed by atoms with van der Waals surface area (Å²) in [6, 6.07) is 5.53. The summed E-state index contributed by atoms with van der Waals surface area (Å²) >= 11 is 5.67. The summed E-state index contributed by atoms with van der Waals surface area (Å²) in [6.07, 6.45) is 3.32. The molecule has 0 radical (unpaired) electrons. The minimum Gasteiger partial charge on any atom is -0.460 e. The molecule has 0 aliphatic carbocycles. The Balaban J connectivity index is 2.03. The van der Waals surface area contributed by atoms with Crippen LogP contribution >= 0.6 is 11.6 Å². The molecule has 1 aromatic heterocycles. The minimum atomic E-state index is -0.763. The monoisotopic (exact) mass is 295 g/mol. The van der Waals surface area contributed by atoms with E-state index in [-0.39, 0.29) is 22.9 Å². The molecule has 104 valence electrons. The zero-order valence-electron chi connectivity index (χ0n) is 10.2. The van der Waals surface area contributed by atoms with E-state index in [9.17, 15) is 14.9 Å². The Kier molecular flexibility index (Phi) is 4.31. The maximum atomic E-state index is 11.8. The van der Waals surface area contributed by atoms with Crippen molar-refractivity contribution in [2.45, 2.75) is 6.54 Å². The maximum absolute atomic E-state index is 11.8. The third-order valence-corrected chi connectivity index (χ3v) is 2.72. The van der Waals surface area contributed by atoms with Gasteiger partial charge in [-0.15, -0.1) is 0 Å². The van der Waals surface area contributed by atoms with Gasteiger partial charge in [0.1, 0.15) is 12.2 Å². The van der Waals surface area contributed by atoms with Crippen molar-refractivity contribution in [2.24, 2.45) is 0 Å². The first-order valence-electron chi connectivity index (χ1n) is 5.66. The van der Waals surface area contributed by atoms with Crippen molar-refractivity contribution >= 4 is 23.3 Å². The summed E-state index contributed by atoms with van der Waals surface area (Å²) in [6.45, 7) is 0.445. The van der Waals surface area contributed by atoms with Gasteiger partial charge >= 0.3 is 5.97 Å². The second kappa shape index (κ2) is 6.16. The van der Waals surface area contributed by atoms with Crippen molar-refractivity contribution in [1.82, 2.24) is 9.78 Å². The number of nitrogens with zero attached hydrogens (tertiary/aromatic N) is 3. The van der Waals surface area contributed by atoms with Crippen molar-refractivity contribution in [3.05, 3.63) is 57.4 Å². The Labute approximate surface area is 118 Å². The summed E-state index contributed by atoms with van der Waals surface area (Å²) in [5.74, 6) is -0.763. The highest BCUT2D eigenvalue weighted by molar-refractivity contribution is 6.31. The third kappa shape index (κ3) is 3.33. The van der Waals surface area contributed by atoms with Crippen LogP contribution in [-0.4, -0.2) is 27.3 Å². The van der Waals surface area contributed by atoms with Crippen LogP contribution in [-0.2, 0) is 11.3 Å². The Morgan fingerprint density at radius 1 is 1.50 bits per heavy atom. The molecule has 20 heavy (non-hydrogen) atoms. The fourth-order valence-electron chi connectivity index (χ4n) is 1.57. The van der Waals surface area contributed by atoms with Gasteiger partial charge in [-0.05, 0) is 18.2 Å². The largest absolute Gasteiger partial charge is 0.460 e. The smallest absolute Gasteiger partial charge is 0.345 e. The number of rotatable bonds is 5. The molecule has 8 heteroatoms. The van der Waals surface area contributed by atoms with Gasteiger partial charge in [0.25, 0.3) is 5.69 Å². The van der Waals surface area contributed by atoms with Gasteiger partial charge in [-0.2, -0.15) is 5.10 Å². The SMILES string of the molecule is O=C(OCCn1cccn1)c1ccc(Cl)cc1[N+](=O)[O-].